The van der Waals surface area contributed by atoms with Crippen LogP contribution in [0.3, 0.4) is 0 Å². The van der Waals surface area contributed by atoms with Gasteiger partial charge >= 0.3 is 11.7 Å². The molecular weight excluding hydrogens is 357 g/mol. The number of nitrogens with zero attached hydrogens (tertiary/aromatic N) is 2. The Morgan fingerprint density at radius 1 is 1.15 bits per heavy atom. The van der Waals surface area contributed by atoms with Crippen LogP contribution in [-0.4, -0.2) is 27.6 Å². The SMILES string of the molecule is CCOC(=O)C1C(=O)Nc2c(c(=O)n(C)c(=O)n2C)C1c1ccc(F)cc1. The lowest BCUT2D eigenvalue weighted by molar-refractivity contribution is -0.151. The van der Waals surface area contributed by atoms with Gasteiger partial charge in [-0.05, 0) is 24.6 Å². The lowest BCUT2D eigenvalue weighted by Crippen LogP contribution is -2.49. The van der Waals surface area contributed by atoms with E-state index in [0.717, 1.165) is 9.13 Å². The first-order valence-corrected chi connectivity index (χ1v) is 8.30. The van der Waals surface area contributed by atoms with E-state index in [2.05, 4.69) is 5.32 Å². The number of esters is 1. The maximum absolute atomic E-state index is 13.4. The number of halogens is 1. The van der Waals surface area contributed by atoms with E-state index in [1.54, 1.807) is 6.92 Å². The fraction of sp³-hybridized carbons (Fsp3) is 0.333. The summed E-state index contributed by atoms with van der Waals surface area (Å²) in [5.41, 5.74) is -0.798. The molecule has 0 saturated heterocycles. The minimum Gasteiger partial charge on any atom is -0.465 e. The van der Waals surface area contributed by atoms with Crippen molar-refractivity contribution < 1.29 is 18.7 Å². The number of aromatic nitrogens is 2. The second kappa shape index (κ2) is 6.82. The molecule has 1 aromatic carbocycles. The molecule has 0 saturated carbocycles. The second-order valence-corrected chi connectivity index (χ2v) is 6.22. The minimum absolute atomic E-state index is 0.0166. The van der Waals surface area contributed by atoms with E-state index in [0.29, 0.717) is 5.56 Å². The Morgan fingerprint density at radius 3 is 2.37 bits per heavy atom. The van der Waals surface area contributed by atoms with Gasteiger partial charge in [-0.15, -0.1) is 0 Å². The largest absolute Gasteiger partial charge is 0.465 e. The molecule has 1 N–H and O–H groups in total. The summed E-state index contributed by atoms with van der Waals surface area (Å²) in [5, 5.41) is 2.47. The minimum atomic E-state index is -1.34. The lowest BCUT2D eigenvalue weighted by atomic mass is 9.78. The molecule has 8 nitrogen and oxygen atoms in total. The number of ether oxygens (including phenoxy) is 1. The molecule has 27 heavy (non-hydrogen) atoms. The lowest BCUT2D eigenvalue weighted by Gasteiger charge is -2.32. The van der Waals surface area contributed by atoms with Crippen molar-refractivity contribution in [3.63, 3.8) is 0 Å². The van der Waals surface area contributed by atoms with Crippen LogP contribution in [0.4, 0.5) is 10.2 Å². The molecule has 1 aromatic heterocycles. The number of amides is 1. The molecule has 142 valence electrons. The predicted octanol–water partition coefficient (Wildman–Crippen LogP) is 0.486. The average Bonchev–Trinajstić information content (AvgIpc) is 2.64. The Morgan fingerprint density at radius 2 is 1.78 bits per heavy atom. The standard InChI is InChI=1S/C18H18FN3O5/c1-4-27-17(25)13-11(9-5-7-10(19)8-6-9)12-14(20-15(13)23)21(2)18(26)22(3)16(12)24/h5-8,11,13H,4H2,1-3H3,(H,20,23). The summed E-state index contributed by atoms with van der Waals surface area (Å²) in [4.78, 5) is 50.2. The van der Waals surface area contributed by atoms with E-state index in [9.17, 15) is 23.6 Å². The summed E-state index contributed by atoms with van der Waals surface area (Å²) in [6.07, 6.45) is 0. The Kier molecular flexibility index (Phi) is 4.69. The normalized spacial score (nSPS) is 18.6. The third kappa shape index (κ3) is 2.94. The average molecular weight is 375 g/mol. The van der Waals surface area contributed by atoms with Gasteiger partial charge in [-0.25, -0.2) is 9.18 Å². The molecule has 3 rings (SSSR count). The molecule has 0 aliphatic carbocycles. The summed E-state index contributed by atoms with van der Waals surface area (Å²) < 4.78 is 20.4. The van der Waals surface area contributed by atoms with Crippen LogP contribution in [0.2, 0.25) is 0 Å². The van der Waals surface area contributed by atoms with Gasteiger partial charge in [0.2, 0.25) is 5.91 Å². The van der Waals surface area contributed by atoms with Gasteiger partial charge in [0.25, 0.3) is 5.56 Å². The van der Waals surface area contributed by atoms with Crippen molar-refractivity contribution in [2.45, 2.75) is 12.8 Å². The molecule has 2 heterocycles. The van der Waals surface area contributed by atoms with Gasteiger partial charge in [0.05, 0.1) is 12.2 Å². The molecule has 2 aromatic rings. The molecule has 2 atom stereocenters. The van der Waals surface area contributed by atoms with Crippen LogP contribution in [0.5, 0.6) is 0 Å². The van der Waals surface area contributed by atoms with Crippen LogP contribution >= 0.6 is 0 Å². The highest BCUT2D eigenvalue weighted by Gasteiger charge is 2.45. The number of hydrogen-bond acceptors (Lipinski definition) is 5. The van der Waals surface area contributed by atoms with Crippen molar-refractivity contribution in [3.05, 3.63) is 62.0 Å². The zero-order valence-electron chi connectivity index (χ0n) is 15.0. The third-order valence-corrected chi connectivity index (χ3v) is 4.64. The number of carbonyl (C=O) groups excluding carboxylic acids is 2. The maximum Gasteiger partial charge on any atom is 0.332 e. The summed E-state index contributed by atoms with van der Waals surface area (Å²) in [7, 11) is 2.72. The molecule has 1 amide bonds. The van der Waals surface area contributed by atoms with Crippen molar-refractivity contribution in [2.24, 2.45) is 20.0 Å². The van der Waals surface area contributed by atoms with Gasteiger partial charge in [-0.1, -0.05) is 12.1 Å². The molecule has 1 aliphatic rings. The van der Waals surface area contributed by atoms with Gasteiger partial charge in [0.15, 0.2) is 0 Å². The van der Waals surface area contributed by atoms with E-state index in [1.165, 1.54) is 38.4 Å². The van der Waals surface area contributed by atoms with Gasteiger partial charge in [-0.2, -0.15) is 0 Å². The van der Waals surface area contributed by atoms with Crippen LogP contribution in [0.15, 0.2) is 33.9 Å². The summed E-state index contributed by atoms with van der Waals surface area (Å²) >= 11 is 0. The zero-order chi connectivity index (χ0) is 19.9. The number of anilines is 1. The molecule has 0 bridgehead atoms. The number of fused-ring (bicyclic) bond motifs is 1. The fourth-order valence-corrected chi connectivity index (χ4v) is 3.32. The molecular formula is C18H18FN3O5. The summed E-state index contributed by atoms with van der Waals surface area (Å²) in [6, 6.07) is 5.16. The first-order valence-electron chi connectivity index (χ1n) is 8.30. The molecule has 0 fully saturated rings. The number of benzene rings is 1. The van der Waals surface area contributed by atoms with Crippen LogP contribution in [0.25, 0.3) is 0 Å². The number of nitrogens with one attached hydrogen (secondary N) is 1. The first-order chi connectivity index (χ1) is 12.8. The van der Waals surface area contributed by atoms with E-state index >= 15 is 0 Å². The molecule has 0 spiro atoms. The van der Waals surface area contributed by atoms with Crippen molar-refractivity contribution in [2.75, 3.05) is 11.9 Å². The number of carbonyl (C=O) groups is 2. The van der Waals surface area contributed by atoms with Gasteiger partial charge in [0, 0.05) is 20.0 Å². The topological polar surface area (TPSA) is 99.4 Å². The summed E-state index contributed by atoms with van der Waals surface area (Å²) in [6.45, 7) is 1.65. The maximum atomic E-state index is 13.4. The molecule has 9 heteroatoms. The van der Waals surface area contributed by atoms with Crippen LogP contribution in [-0.2, 0) is 28.4 Å². The van der Waals surface area contributed by atoms with E-state index in [4.69, 9.17) is 4.74 Å². The van der Waals surface area contributed by atoms with E-state index in [-0.39, 0.29) is 18.0 Å². The van der Waals surface area contributed by atoms with Gasteiger partial charge < -0.3 is 10.1 Å². The predicted molar refractivity (Wildman–Crippen MR) is 93.9 cm³/mol. The molecule has 2 unspecified atom stereocenters. The Balaban J connectivity index is 2.34. The monoisotopic (exact) mass is 375 g/mol. The number of hydrogen-bond donors (Lipinski definition) is 1. The highest BCUT2D eigenvalue weighted by atomic mass is 19.1. The Hall–Kier alpha value is -3.23. The molecule has 1 aliphatic heterocycles. The third-order valence-electron chi connectivity index (χ3n) is 4.64. The van der Waals surface area contributed by atoms with Crippen molar-refractivity contribution in [1.29, 1.82) is 0 Å². The first kappa shape index (κ1) is 18.6. The Bertz CT molecular complexity index is 1040. The number of rotatable bonds is 3. The van der Waals surface area contributed by atoms with Gasteiger partial charge in [-0.3, -0.25) is 23.5 Å². The fourth-order valence-electron chi connectivity index (χ4n) is 3.32. The summed E-state index contributed by atoms with van der Waals surface area (Å²) in [5.74, 6) is -4.33. The van der Waals surface area contributed by atoms with Crippen LogP contribution in [0, 0.1) is 11.7 Å². The quantitative estimate of drug-likeness (QED) is 0.622. The van der Waals surface area contributed by atoms with Crippen molar-refractivity contribution in [3.8, 4) is 0 Å². The van der Waals surface area contributed by atoms with E-state index in [1.807, 2.05) is 0 Å². The second-order valence-electron chi connectivity index (χ2n) is 6.22. The highest BCUT2D eigenvalue weighted by Crippen LogP contribution is 2.38. The van der Waals surface area contributed by atoms with Crippen LogP contribution in [0.1, 0.15) is 24.0 Å². The van der Waals surface area contributed by atoms with Crippen molar-refractivity contribution >= 4 is 17.7 Å². The van der Waals surface area contributed by atoms with Gasteiger partial charge in [0.1, 0.15) is 17.6 Å². The van der Waals surface area contributed by atoms with Crippen LogP contribution < -0.4 is 16.6 Å². The zero-order valence-corrected chi connectivity index (χ0v) is 15.0. The smallest absolute Gasteiger partial charge is 0.332 e. The van der Waals surface area contributed by atoms with Crippen molar-refractivity contribution in [1.82, 2.24) is 9.13 Å². The molecule has 0 radical (unpaired) electrons. The Labute approximate surface area is 153 Å². The highest BCUT2D eigenvalue weighted by molar-refractivity contribution is 6.08. The van der Waals surface area contributed by atoms with E-state index < -0.39 is 40.8 Å².